The van der Waals surface area contributed by atoms with Crippen molar-refractivity contribution in [3.63, 3.8) is 0 Å². The van der Waals surface area contributed by atoms with Crippen molar-refractivity contribution < 1.29 is 9.13 Å². The third-order valence-corrected chi connectivity index (χ3v) is 4.32. The molecule has 106 valence electrons. The van der Waals surface area contributed by atoms with E-state index in [4.69, 9.17) is 16.3 Å². The lowest BCUT2D eigenvalue weighted by Crippen LogP contribution is -2.52. The molecule has 0 spiro atoms. The van der Waals surface area contributed by atoms with Crippen molar-refractivity contribution in [2.75, 3.05) is 13.7 Å². The number of ether oxygens (including phenoxy) is 1. The lowest BCUT2D eigenvalue weighted by molar-refractivity contribution is -0.0870. The van der Waals surface area contributed by atoms with Crippen molar-refractivity contribution in [3.8, 4) is 0 Å². The summed E-state index contributed by atoms with van der Waals surface area (Å²) in [6.07, 6.45) is 4.08. The first-order valence-electron chi connectivity index (χ1n) is 6.80. The summed E-state index contributed by atoms with van der Waals surface area (Å²) in [5.41, 5.74) is 0.764. The number of hydrogen-bond acceptors (Lipinski definition) is 2. The highest BCUT2D eigenvalue weighted by Gasteiger charge is 2.35. The third kappa shape index (κ3) is 3.47. The number of benzene rings is 1. The molecule has 0 aliphatic carbocycles. The summed E-state index contributed by atoms with van der Waals surface area (Å²) in [5.74, 6) is -0.358. The van der Waals surface area contributed by atoms with Crippen LogP contribution in [0, 0.1) is 5.82 Å². The van der Waals surface area contributed by atoms with Gasteiger partial charge in [0.1, 0.15) is 5.82 Å². The summed E-state index contributed by atoms with van der Waals surface area (Å²) in [7, 11) is 1.93. The molecule has 2 rings (SSSR count). The average molecular weight is 286 g/mol. The molecule has 0 saturated carbocycles. The van der Waals surface area contributed by atoms with Crippen molar-refractivity contribution >= 4 is 11.6 Å². The Labute approximate surface area is 119 Å². The molecule has 1 aromatic carbocycles. The van der Waals surface area contributed by atoms with Crippen molar-refractivity contribution in [2.24, 2.45) is 0 Å². The van der Waals surface area contributed by atoms with Gasteiger partial charge >= 0.3 is 0 Å². The van der Waals surface area contributed by atoms with E-state index in [-0.39, 0.29) is 22.5 Å². The molecule has 4 heteroatoms. The molecule has 2 unspecified atom stereocenters. The molecule has 1 N–H and O–H groups in total. The van der Waals surface area contributed by atoms with Gasteiger partial charge in [-0.2, -0.15) is 0 Å². The minimum absolute atomic E-state index is 0.171. The Hall–Kier alpha value is -0.640. The van der Waals surface area contributed by atoms with Gasteiger partial charge in [0.05, 0.1) is 10.6 Å². The lowest BCUT2D eigenvalue weighted by atomic mass is 9.85. The van der Waals surface area contributed by atoms with Gasteiger partial charge in [0.25, 0.3) is 0 Å². The van der Waals surface area contributed by atoms with E-state index in [1.807, 2.05) is 13.1 Å². The lowest BCUT2D eigenvalue weighted by Gasteiger charge is -2.40. The second kappa shape index (κ2) is 6.21. The molecule has 0 amide bonds. The number of likely N-dealkylation sites (N-methyl/N-ethyl adjacent to an activating group) is 1. The van der Waals surface area contributed by atoms with E-state index in [1.54, 1.807) is 6.07 Å². The molecule has 1 fully saturated rings. The minimum atomic E-state index is -0.358. The summed E-state index contributed by atoms with van der Waals surface area (Å²) in [6.45, 7) is 2.95. The van der Waals surface area contributed by atoms with Crippen molar-refractivity contribution in [3.05, 3.63) is 34.6 Å². The summed E-state index contributed by atoms with van der Waals surface area (Å²) in [4.78, 5) is 0. The number of nitrogens with one attached hydrogen (secondary N) is 1. The number of hydrogen-bond donors (Lipinski definition) is 1. The fourth-order valence-electron chi connectivity index (χ4n) is 2.76. The van der Waals surface area contributed by atoms with Crippen LogP contribution in [0.1, 0.15) is 31.7 Å². The van der Waals surface area contributed by atoms with Gasteiger partial charge in [0.2, 0.25) is 0 Å². The summed E-state index contributed by atoms with van der Waals surface area (Å²) in [6, 6.07) is 5.18. The highest BCUT2D eigenvalue weighted by atomic mass is 35.5. The molecule has 2 atom stereocenters. The molecule has 19 heavy (non-hydrogen) atoms. The van der Waals surface area contributed by atoms with Crippen LogP contribution in [-0.2, 0) is 11.2 Å². The zero-order chi connectivity index (χ0) is 13.9. The standard InChI is InChI=1S/C15H21ClFNO/c1-15(7-3-4-8-19-15)14(18-2)10-11-5-6-12(16)13(17)9-11/h5-6,9,14,18H,3-4,7-8,10H2,1-2H3. The Bertz CT molecular complexity index is 432. The van der Waals surface area contributed by atoms with E-state index in [0.717, 1.165) is 31.4 Å². The first-order valence-corrected chi connectivity index (χ1v) is 7.18. The van der Waals surface area contributed by atoms with Gasteiger partial charge in [-0.25, -0.2) is 4.39 Å². The van der Waals surface area contributed by atoms with Crippen molar-refractivity contribution in [1.29, 1.82) is 0 Å². The van der Waals surface area contributed by atoms with Crippen LogP contribution in [0.3, 0.4) is 0 Å². The van der Waals surface area contributed by atoms with E-state index < -0.39 is 0 Å². The summed E-state index contributed by atoms with van der Waals surface area (Å²) in [5, 5.41) is 3.49. The van der Waals surface area contributed by atoms with Gasteiger partial charge in [0, 0.05) is 12.6 Å². The molecule has 1 aliphatic heterocycles. The molecule has 0 aromatic heterocycles. The predicted octanol–water partition coefficient (Wildman–Crippen LogP) is 3.57. The van der Waals surface area contributed by atoms with Gasteiger partial charge in [-0.1, -0.05) is 17.7 Å². The SMILES string of the molecule is CNC(Cc1ccc(Cl)c(F)c1)C1(C)CCCCO1. The zero-order valence-corrected chi connectivity index (χ0v) is 12.3. The molecule has 1 aliphatic rings. The van der Waals surface area contributed by atoms with Crippen molar-refractivity contribution in [1.82, 2.24) is 5.32 Å². The maximum Gasteiger partial charge on any atom is 0.142 e. The maximum absolute atomic E-state index is 13.5. The first-order chi connectivity index (χ1) is 9.05. The maximum atomic E-state index is 13.5. The van der Waals surface area contributed by atoms with Crippen LogP contribution in [0.25, 0.3) is 0 Å². The van der Waals surface area contributed by atoms with Crippen LogP contribution in [0.2, 0.25) is 5.02 Å². The number of rotatable bonds is 4. The molecule has 1 saturated heterocycles. The van der Waals surface area contributed by atoms with Crippen LogP contribution < -0.4 is 5.32 Å². The van der Waals surface area contributed by atoms with E-state index in [9.17, 15) is 4.39 Å². The second-order valence-electron chi connectivity index (χ2n) is 5.41. The second-order valence-corrected chi connectivity index (χ2v) is 5.82. The van der Waals surface area contributed by atoms with E-state index in [1.165, 1.54) is 12.5 Å². The fourth-order valence-corrected chi connectivity index (χ4v) is 2.87. The average Bonchev–Trinajstić information content (AvgIpc) is 2.40. The Morgan fingerprint density at radius 2 is 2.26 bits per heavy atom. The quantitative estimate of drug-likeness (QED) is 0.913. The van der Waals surface area contributed by atoms with Crippen LogP contribution in [0.5, 0.6) is 0 Å². The Kier molecular flexibility index (Phi) is 4.82. The van der Waals surface area contributed by atoms with Crippen LogP contribution >= 0.6 is 11.6 Å². The largest absolute Gasteiger partial charge is 0.374 e. The topological polar surface area (TPSA) is 21.3 Å². The van der Waals surface area contributed by atoms with Gasteiger partial charge in [0.15, 0.2) is 0 Å². The molecular weight excluding hydrogens is 265 g/mol. The summed E-state index contributed by atoms with van der Waals surface area (Å²) >= 11 is 5.71. The third-order valence-electron chi connectivity index (χ3n) is 4.01. The van der Waals surface area contributed by atoms with Gasteiger partial charge in [-0.15, -0.1) is 0 Å². The van der Waals surface area contributed by atoms with Crippen LogP contribution in [0.15, 0.2) is 18.2 Å². The highest BCUT2D eigenvalue weighted by molar-refractivity contribution is 6.30. The molecule has 1 aromatic rings. The zero-order valence-electron chi connectivity index (χ0n) is 11.5. The molecule has 0 bridgehead atoms. The normalized spacial score (nSPS) is 25.3. The number of halogens is 2. The highest BCUT2D eigenvalue weighted by Crippen LogP contribution is 2.30. The van der Waals surface area contributed by atoms with Gasteiger partial charge < -0.3 is 10.1 Å². The fraction of sp³-hybridized carbons (Fsp3) is 0.600. The summed E-state index contributed by atoms with van der Waals surface area (Å²) < 4.78 is 19.4. The minimum Gasteiger partial charge on any atom is -0.374 e. The Balaban J connectivity index is 2.11. The van der Waals surface area contributed by atoms with E-state index in [0.29, 0.717) is 0 Å². The monoisotopic (exact) mass is 285 g/mol. The molecule has 1 heterocycles. The Morgan fingerprint density at radius 1 is 1.47 bits per heavy atom. The molecule has 2 nitrogen and oxygen atoms in total. The van der Waals surface area contributed by atoms with Crippen LogP contribution in [0.4, 0.5) is 4.39 Å². The first kappa shape index (κ1) is 14.8. The smallest absolute Gasteiger partial charge is 0.142 e. The van der Waals surface area contributed by atoms with E-state index >= 15 is 0 Å². The van der Waals surface area contributed by atoms with E-state index in [2.05, 4.69) is 12.2 Å². The predicted molar refractivity (Wildman–Crippen MR) is 76.2 cm³/mol. The van der Waals surface area contributed by atoms with Crippen molar-refractivity contribution in [2.45, 2.75) is 44.2 Å². The van der Waals surface area contributed by atoms with Crippen LogP contribution in [-0.4, -0.2) is 25.3 Å². The van der Waals surface area contributed by atoms with Gasteiger partial charge in [-0.05, 0) is 57.4 Å². The molecule has 0 radical (unpaired) electrons. The molecular formula is C15H21ClFNO. The van der Waals surface area contributed by atoms with Gasteiger partial charge in [-0.3, -0.25) is 0 Å². The Morgan fingerprint density at radius 3 is 2.84 bits per heavy atom.